The Hall–Kier alpha value is -0.130. The first-order chi connectivity index (χ1) is 12.6. The van der Waals surface area contributed by atoms with Gasteiger partial charge in [0.2, 0.25) is 0 Å². The van der Waals surface area contributed by atoms with Crippen molar-refractivity contribution < 1.29 is 28.4 Å². The molecule has 0 aromatic rings. The first-order valence-corrected chi connectivity index (χ1v) is 12.0. The molecular formula is C19H40ClO6P. The molecule has 0 aromatic heterocycles. The van der Waals surface area contributed by atoms with Crippen LogP contribution in [-0.2, 0) is 18.4 Å². The number of hydrogen-bond acceptors (Lipinski definition) is 4. The lowest BCUT2D eigenvalue weighted by Gasteiger charge is -2.20. The second-order valence-corrected chi connectivity index (χ2v) is 8.96. The highest BCUT2D eigenvalue weighted by Gasteiger charge is 2.24. The summed E-state index contributed by atoms with van der Waals surface area (Å²) < 4.78 is 22.2. The lowest BCUT2D eigenvalue weighted by Crippen LogP contribution is -2.12. The summed E-state index contributed by atoms with van der Waals surface area (Å²) in [4.78, 5) is 19.3. The van der Waals surface area contributed by atoms with Crippen LogP contribution in [0.4, 0.5) is 0 Å². The van der Waals surface area contributed by atoms with Gasteiger partial charge < -0.3 is 10.00 Å². The van der Waals surface area contributed by atoms with Crippen LogP contribution in [0.15, 0.2) is 0 Å². The fourth-order valence-electron chi connectivity index (χ4n) is 2.23. The second kappa shape index (κ2) is 17.9. The van der Waals surface area contributed by atoms with Crippen molar-refractivity contribution in [2.24, 2.45) is 11.8 Å². The Bertz CT molecular complexity index is 382. The van der Waals surface area contributed by atoms with E-state index in [0.717, 1.165) is 51.4 Å². The summed E-state index contributed by atoms with van der Waals surface area (Å²) in [5.74, 6) is -0.288. The highest BCUT2D eigenvalue weighted by Crippen LogP contribution is 2.44. The minimum Gasteiger partial charge on any atom is -0.480 e. The first kappa shape index (κ1) is 29.1. The van der Waals surface area contributed by atoms with E-state index in [4.69, 9.17) is 25.8 Å². The van der Waals surface area contributed by atoms with Crippen molar-refractivity contribution in [2.75, 3.05) is 13.2 Å². The van der Waals surface area contributed by atoms with Crippen molar-refractivity contribution in [2.45, 2.75) is 91.4 Å². The number of unbranched alkanes of at least 4 members (excludes halogenated alkanes) is 2. The SMILES string of the molecule is CC(Cl)C(=O)O.CCCCC(CC)COP(=O)(O)OCC(CC)CCCC. The van der Waals surface area contributed by atoms with Gasteiger partial charge in [0.1, 0.15) is 5.38 Å². The van der Waals surface area contributed by atoms with Gasteiger partial charge in [-0.1, -0.05) is 66.2 Å². The Morgan fingerprint density at radius 2 is 1.30 bits per heavy atom. The summed E-state index contributed by atoms with van der Waals surface area (Å²) in [6, 6.07) is 0. The molecule has 0 amide bonds. The topological polar surface area (TPSA) is 93.1 Å². The highest BCUT2D eigenvalue weighted by atomic mass is 35.5. The van der Waals surface area contributed by atoms with Crippen LogP contribution in [0.1, 0.15) is 86.0 Å². The largest absolute Gasteiger partial charge is 0.480 e. The molecule has 164 valence electrons. The molecule has 0 aromatic carbocycles. The lowest BCUT2D eigenvalue weighted by molar-refractivity contribution is -0.136. The van der Waals surface area contributed by atoms with Gasteiger partial charge in [-0.25, -0.2) is 4.57 Å². The Morgan fingerprint density at radius 3 is 1.52 bits per heavy atom. The number of aliphatic carboxylic acids is 1. The molecule has 0 saturated carbocycles. The molecule has 0 saturated heterocycles. The molecule has 0 aliphatic heterocycles. The minimum atomic E-state index is -3.89. The smallest absolute Gasteiger partial charge is 0.472 e. The van der Waals surface area contributed by atoms with E-state index >= 15 is 0 Å². The van der Waals surface area contributed by atoms with E-state index in [1.54, 1.807) is 0 Å². The molecule has 0 heterocycles. The van der Waals surface area contributed by atoms with Crippen LogP contribution in [0, 0.1) is 11.8 Å². The summed E-state index contributed by atoms with van der Waals surface area (Å²) in [5, 5.41) is 7.10. The van der Waals surface area contributed by atoms with E-state index in [-0.39, 0.29) is 0 Å². The first-order valence-electron chi connectivity index (χ1n) is 10.1. The summed E-state index contributed by atoms with van der Waals surface area (Å²) in [6.45, 7) is 10.5. The predicted octanol–water partition coefficient (Wildman–Crippen LogP) is 6.25. The fraction of sp³-hybridized carbons (Fsp3) is 0.947. The van der Waals surface area contributed by atoms with E-state index in [1.165, 1.54) is 6.92 Å². The lowest BCUT2D eigenvalue weighted by atomic mass is 10.0. The number of alkyl halides is 1. The van der Waals surface area contributed by atoms with Gasteiger partial charge in [0.15, 0.2) is 0 Å². The van der Waals surface area contributed by atoms with Crippen LogP contribution < -0.4 is 0 Å². The normalized spacial score (nSPS) is 16.6. The molecule has 0 radical (unpaired) electrons. The van der Waals surface area contributed by atoms with Crippen molar-refractivity contribution in [1.82, 2.24) is 0 Å². The summed E-state index contributed by atoms with van der Waals surface area (Å²) in [7, 11) is -3.89. The van der Waals surface area contributed by atoms with E-state index in [2.05, 4.69) is 27.7 Å². The maximum absolute atomic E-state index is 11.9. The highest BCUT2D eigenvalue weighted by molar-refractivity contribution is 7.47. The molecule has 0 aliphatic carbocycles. The molecule has 0 bridgehead atoms. The summed E-state index contributed by atoms with van der Waals surface area (Å²) >= 11 is 5.01. The summed E-state index contributed by atoms with van der Waals surface area (Å²) in [5.41, 5.74) is 0. The van der Waals surface area contributed by atoms with Crippen LogP contribution in [-0.4, -0.2) is 34.6 Å². The van der Waals surface area contributed by atoms with Crippen molar-refractivity contribution in [3.63, 3.8) is 0 Å². The quantitative estimate of drug-likeness (QED) is 0.235. The van der Waals surface area contributed by atoms with Gasteiger partial charge >= 0.3 is 13.8 Å². The van der Waals surface area contributed by atoms with Gasteiger partial charge in [-0.05, 0) is 31.6 Å². The molecule has 0 fully saturated rings. The van der Waals surface area contributed by atoms with Crippen LogP contribution in [0.3, 0.4) is 0 Å². The van der Waals surface area contributed by atoms with Crippen LogP contribution in [0.2, 0.25) is 0 Å². The molecule has 0 rings (SSSR count). The number of rotatable bonds is 15. The van der Waals surface area contributed by atoms with E-state index in [1.807, 2.05) is 0 Å². The monoisotopic (exact) mass is 430 g/mol. The Kier molecular flexibility index (Phi) is 19.3. The number of carboxylic acid groups (broad SMARTS) is 1. The third kappa shape index (κ3) is 19.0. The average molecular weight is 431 g/mol. The van der Waals surface area contributed by atoms with Crippen LogP contribution in [0.25, 0.3) is 0 Å². The number of carboxylic acids is 1. The van der Waals surface area contributed by atoms with Crippen molar-refractivity contribution in [3.8, 4) is 0 Å². The van der Waals surface area contributed by atoms with Gasteiger partial charge in [-0.15, -0.1) is 11.6 Å². The number of hydrogen-bond donors (Lipinski definition) is 2. The molecule has 8 heteroatoms. The Morgan fingerprint density at radius 1 is 0.963 bits per heavy atom. The molecule has 27 heavy (non-hydrogen) atoms. The van der Waals surface area contributed by atoms with Gasteiger partial charge in [-0.2, -0.15) is 0 Å². The minimum absolute atomic E-state index is 0.316. The van der Waals surface area contributed by atoms with Crippen molar-refractivity contribution in [1.29, 1.82) is 0 Å². The number of phosphoric acid groups is 1. The number of carbonyl (C=O) groups is 1. The Labute approximate surface area is 170 Å². The van der Waals surface area contributed by atoms with Crippen LogP contribution in [0.5, 0.6) is 0 Å². The third-order valence-electron chi connectivity index (χ3n) is 4.37. The third-order valence-corrected chi connectivity index (χ3v) is 5.51. The van der Waals surface area contributed by atoms with E-state index in [0.29, 0.717) is 25.0 Å². The van der Waals surface area contributed by atoms with Gasteiger partial charge in [0.05, 0.1) is 13.2 Å². The fourth-order valence-corrected chi connectivity index (χ4v) is 3.11. The standard InChI is InChI=1S/C16H35O4P.C3H5ClO2/c1-5-9-11-15(7-3)13-19-21(17,18)20-14-16(8-4)12-10-6-2;1-2(4)3(5)6/h15-16H,5-14H2,1-4H3,(H,17,18);2H,1H3,(H,5,6). The Balaban J connectivity index is 0. The van der Waals surface area contributed by atoms with Crippen molar-refractivity contribution in [3.05, 3.63) is 0 Å². The molecular weight excluding hydrogens is 391 g/mol. The van der Waals surface area contributed by atoms with Gasteiger partial charge in [-0.3, -0.25) is 13.8 Å². The summed E-state index contributed by atoms with van der Waals surface area (Å²) in [6.07, 6.45) is 8.56. The van der Waals surface area contributed by atoms with Crippen molar-refractivity contribution >= 4 is 25.4 Å². The van der Waals surface area contributed by atoms with Gasteiger partial charge in [0.25, 0.3) is 0 Å². The van der Waals surface area contributed by atoms with E-state index in [9.17, 15) is 14.3 Å². The van der Waals surface area contributed by atoms with Gasteiger partial charge in [0, 0.05) is 0 Å². The zero-order valence-electron chi connectivity index (χ0n) is 17.7. The molecule has 6 nitrogen and oxygen atoms in total. The number of halogens is 1. The maximum atomic E-state index is 11.9. The molecule has 0 aliphatic rings. The van der Waals surface area contributed by atoms with Crippen LogP contribution >= 0.6 is 19.4 Å². The van der Waals surface area contributed by atoms with E-state index < -0.39 is 19.2 Å². The molecule has 3 atom stereocenters. The number of phosphoric ester groups is 1. The molecule has 0 spiro atoms. The molecule has 3 unspecified atom stereocenters. The predicted molar refractivity (Wildman–Crippen MR) is 111 cm³/mol. The maximum Gasteiger partial charge on any atom is 0.472 e. The second-order valence-electron chi connectivity index (χ2n) is 6.85. The molecule has 2 N–H and O–H groups in total. The average Bonchev–Trinajstić information content (AvgIpc) is 2.62. The zero-order valence-corrected chi connectivity index (χ0v) is 19.3. The zero-order chi connectivity index (χ0) is 21.3.